The van der Waals surface area contributed by atoms with Crippen LogP contribution in [0.3, 0.4) is 0 Å². The average molecular weight is 315 g/mol. The molecule has 0 aliphatic rings. The summed E-state index contributed by atoms with van der Waals surface area (Å²) in [6.07, 6.45) is 0. The van der Waals surface area contributed by atoms with Crippen LogP contribution in [0, 0.1) is 20.8 Å². The van der Waals surface area contributed by atoms with E-state index < -0.39 is 0 Å². The Labute approximate surface area is 143 Å². The molecule has 0 radical (unpaired) electrons. The zero-order chi connectivity index (χ0) is 16.9. The third kappa shape index (κ3) is 4.11. The second-order valence-electron chi connectivity index (χ2n) is 6.22. The topological polar surface area (TPSA) is 26.0 Å². The van der Waals surface area contributed by atoms with E-state index in [1.165, 1.54) is 16.7 Å². The van der Waals surface area contributed by atoms with E-state index in [9.17, 15) is 0 Å². The number of rotatable bonds is 3. The Balaban J connectivity index is 1.97. The molecule has 3 aromatic rings. The molecule has 0 saturated heterocycles. The minimum absolute atomic E-state index is 0.975. The summed E-state index contributed by atoms with van der Waals surface area (Å²) in [6, 6.07) is 25.4. The number of aryl methyl sites for hydroxylation is 3. The molecule has 3 rings (SSSR count). The normalized spacial score (nSPS) is 11.4. The van der Waals surface area contributed by atoms with Gasteiger partial charge in [-0.1, -0.05) is 53.1 Å². The summed E-state index contributed by atoms with van der Waals surface area (Å²) < 4.78 is 0. The van der Waals surface area contributed by atoms with E-state index in [1.54, 1.807) is 0 Å². The largest absolute Gasteiger partial charge is 0.285 e. The molecule has 2 N–H and O–H groups in total. The molecule has 0 fully saturated rings. The molecular formula is C22H23N2+. The molecule has 120 valence electrons. The predicted molar refractivity (Wildman–Crippen MR) is 102 cm³/mol. The van der Waals surface area contributed by atoms with Gasteiger partial charge in [0, 0.05) is 0 Å². The van der Waals surface area contributed by atoms with Gasteiger partial charge in [-0.2, -0.15) is 0 Å². The van der Waals surface area contributed by atoms with E-state index in [-0.39, 0.29) is 0 Å². The van der Waals surface area contributed by atoms with E-state index in [0.717, 1.165) is 22.8 Å². The van der Waals surface area contributed by atoms with Gasteiger partial charge in [0.05, 0.1) is 5.56 Å². The summed E-state index contributed by atoms with van der Waals surface area (Å²) >= 11 is 0. The molecule has 0 unspecified atom stereocenters. The number of hydrogen-bond acceptors (Lipinski definition) is 0. The second kappa shape index (κ2) is 7.14. The highest BCUT2D eigenvalue weighted by Gasteiger charge is 2.12. The molecular weight excluding hydrogens is 292 g/mol. The van der Waals surface area contributed by atoms with Gasteiger partial charge in [-0.05, 0) is 57.2 Å². The number of anilines is 1. The van der Waals surface area contributed by atoms with E-state index in [1.807, 2.05) is 0 Å². The Morgan fingerprint density at radius 1 is 0.625 bits per heavy atom. The molecule has 0 heterocycles. The van der Waals surface area contributed by atoms with Crippen LogP contribution in [0.2, 0.25) is 0 Å². The first kappa shape index (κ1) is 16.0. The monoisotopic (exact) mass is 315 g/mol. The second-order valence-corrected chi connectivity index (χ2v) is 6.22. The van der Waals surface area contributed by atoms with Crippen molar-refractivity contribution in [3.8, 4) is 0 Å². The van der Waals surface area contributed by atoms with Gasteiger partial charge in [-0.25, -0.2) is 10.3 Å². The van der Waals surface area contributed by atoms with Gasteiger partial charge in [-0.3, -0.25) is 0 Å². The van der Waals surface area contributed by atoms with E-state index in [4.69, 9.17) is 0 Å². The number of benzene rings is 3. The zero-order valence-corrected chi connectivity index (χ0v) is 14.4. The van der Waals surface area contributed by atoms with Crippen molar-refractivity contribution in [3.05, 3.63) is 95.1 Å². The Kier molecular flexibility index (Phi) is 4.76. The molecule has 0 amide bonds. The van der Waals surface area contributed by atoms with Gasteiger partial charge < -0.3 is 0 Å². The smallest absolute Gasteiger partial charge is 0.240 e. The van der Waals surface area contributed by atoms with Crippen LogP contribution in [0.1, 0.15) is 22.3 Å². The van der Waals surface area contributed by atoms with E-state index >= 15 is 0 Å². The van der Waals surface area contributed by atoms with Crippen LogP contribution >= 0.6 is 0 Å². The quantitative estimate of drug-likeness (QED) is 0.557. The fourth-order valence-electron chi connectivity index (χ4n) is 2.46. The predicted octanol–water partition coefficient (Wildman–Crippen LogP) is 3.88. The third-order valence-corrected chi connectivity index (χ3v) is 3.98. The maximum Gasteiger partial charge on any atom is 0.285 e. The van der Waals surface area contributed by atoms with Gasteiger partial charge in [0.25, 0.3) is 5.84 Å². The minimum Gasteiger partial charge on any atom is -0.240 e. The first-order chi connectivity index (χ1) is 11.6. The molecule has 0 spiro atoms. The Hall–Kier alpha value is -2.87. The fourth-order valence-corrected chi connectivity index (χ4v) is 2.46. The summed E-state index contributed by atoms with van der Waals surface area (Å²) in [7, 11) is 0. The molecule has 0 saturated carbocycles. The van der Waals surface area contributed by atoms with Crippen molar-refractivity contribution in [3.63, 3.8) is 0 Å². The summed E-state index contributed by atoms with van der Waals surface area (Å²) in [5.41, 5.74) is 7.02. The maximum atomic E-state index is 3.51. The lowest BCUT2D eigenvalue weighted by atomic mass is 10.1. The molecule has 24 heavy (non-hydrogen) atoms. The van der Waals surface area contributed by atoms with Crippen LogP contribution in [-0.4, -0.2) is 5.84 Å². The van der Waals surface area contributed by atoms with Gasteiger partial charge in [0.15, 0.2) is 0 Å². The van der Waals surface area contributed by atoms with Crippen molar-refractivity contribution in [2.24, 2.45) is 0 Å². The molecule has 0 atom stereocenters. The highest BCUT2D eigenvalue weighted by atomic mass is 15.0. The lowest BCUT2D eigenvalue weighted by Crippen LogP contribution is -2.68. The fraction of sp³-hybridized carbons (Fsp3) is 0.136. The molecule has 0 aliphatic carbocycles. The number of hydrogen-bond donors (Lipinski definition) is 2. The molecule has 2 nitrogen and oxygen atoms in total. The molecule has 0 aromatic heterocycles. The zero-order valence-electron chi connectivity index (χ0n) is 14.4. The van der Waals surface area contributed by atoms with Gasteiger partial charge in [-0.15, -0.1) is 0 Å². The Bertz CT molecular complexity index is 827. The number of amidine groups is 1. The molecule has 2 heteroatoms. The Morgan fingerprint density at radius 3 is 1.62 bits per heavy atom. The van der Waals surface area contributed by atoms with E-state index in [0.29, 0.717) is 0 Å². The van der Waals surface area contributed by atoms with Crippen LogP contribution in [0.4, 0.5) is 11.4 Å². The summed E-state index contributed by atoms with van der Waals surface area (Å²) in [5, 5.41) is 3.51. The van der Waals surface area contributed by atoms with Crippen molar-refractivity contribution in [1.82, 2.24) is 0 Å². The van der Waals surface area contributed by atoms with Crippen LogP contribution < -0.4 is 10.3 Å². The van der Waals surface area contributed by atoms with Crippen LogP contribution in [-0.2, 0) is 0 Å². The summed E-state index contributed by atoms with van der Waals surface area (Å²) in [6.45, 7) is 6.29. The van der Waals surface area contributed by atoms with Crippen molar-refractivity contribution in [2.75, 3.05) is 5.32 Å². The maximum absolute atomic E-state index is 3.51. The lowest BCUT2D eigenvalue weighted by molar-refractivity contribution is -0.352. The van der Waals surface area contributed by atoms with E-state index in [2.05, 4.69) is 104 Å². The first-order valence-corrected chi connectivity index (χ1v) is 8.21. The van der Waals surface area contributed by atoms with Gasteiger partial charge in [0.1, 0.15) is 11.4 Å². The summed E-state index contributed by atoms with van der Waals surface area (Å²) in [4.78, 5) is 3.51. The lowest BCUT2D eigenvalue weighted by Gasteiger charge is -2.05. The van der Waals surface area contributed by atoms with Crippen molar-refractivity contribution >= 4 is 17.2 Å². The molecule has 3 aromatic carbocycles. The molecule has 0 aliphatic heterocycles. The van der Waals surface area contributed by atoms with Crippen LogP contribution in [0.5, 0.6) is 0 Å². The van der Waals surface area contributed by atoms with Gasteiger partial charge >= 0.3 is 0 Å². The van der Waals surface area contributed by atoms with Crippen molar-refractivity contribution in [2.45, 2.75) is 20.8 Å². The highest BCUT2D eigenvalue weighted by Crippen LogP contribution is 2.11. The average Bonchev–Trinajstić information content (AvgIpc) is 2.59. The number of nitrogens with one attached hydrogen (secondary N) is 2. The van der Waals surface area contributed by atoms with Crippen molar-refractivity contribution in [1.29, 1.82) is 0 Å². The summed E-state index contributed by atoms with van der Waals surface area (Å²) in [5.74, 6) is 0.975. The van der Waals surface area contributed by atoms with Gasteiger partial charge in [0.2, 0.25) is 0 Å². The standard InChI is InChI=1S/C22H22N2/c1-16-4-10-19(11-5-16)22(23-20-12-6-17(2)7-13-20)24-21-14-8-18(3)9-15-21/h4-15H,1-3H3,(H,23,24)/p+1. The Morgan fingerprint density at radius 2 is 1.08 bits per heavy atom. The van der Waals surface area contributed by atoms with Crippen LogP contribution in [0.25, 0.3) is 0 Å². The molecule has 0 bridgehead atoms. The van der Waals surface area contributed by atoms with Crippen LogP contribution in [0.15, 0.2) is 72.8 Å². The third-order valence-electron chi connectivity index (χ3n) is 3.98. The SMILES string of the molecule is Cc1ccc(NC(=[NH+]c2ccc(C)cc2)c2ccc(C)cc2)cc1. The first-order valence-electron chi connectivity index (χ1n) is 8.21. The van der Waals surface area contributed by atoms with Crippen molar-refractivity contribution < 1.29 is 4.99 Å². The highest BCUT2D eigenvalue weighted by molar-refractivity contribution is 6.04. The minimum atomic E-state index is 0.975.